The average Bonchev–Trinajstić information content (AvgIpc) is 2.65. The fourth-order valence-corrected chi connectivity index (χ4v) is 3.06. The van der Waals surface area contributed by atoms with E-state index in [2.05, 4.69) is 5.32 Å². The molecule has 3 rings (SSSR count). The maximum atomic E-state index is 12.7. The van der Waals surface area contributed by atoms with Crippen molar-refractivity contribution in [1.82, 2.24) is 9.88 Å². The predicted molar refractivity (Wildman–Crippen MR) is 103 cm³/mol. The molecule has 0 spiro atoms. The summed E-state index contributed by atoms with van der Waals surface area (Å²) in [6.07, 6.45) is 1.65. The van der Waals surface area contributed by atoms with Crippen LogP contribution in [0.2, 0.25) is 0 Å². The van der Waals surface area contributed by atoms with Gasteiger partial charge in [0.2, 0.25) is 5.91 Å². The molecule has 0 aliphatic rings. The van der Waals surface area contributed by atoms with Gasteiger partial charge in [-0.3, -0.25) is 9.59 Å². The number of nitrogens with one attached hydrogen (secondary N) is 1. The van der Waals surface area contributed by atoms with E-state index in [9.17, 15) is 9.59 Å². The van der Waals surface area contributed by atoms with Gasteiger partial charge in [-0.25, -0.2) is 0 Å². The van der Waals surface area contributed by atoms with Crippen LogP contribution in [-0.2, 0) is 16.9 Å². The third kappa shape index (κ3) is 3.75. The molecule has 4 heteroatoms. The molecule has 1 aromatic heterocycles. The van der Waals surface area contributed by atoms with Crippen LogP contribution >= 0.6 is 0 Å². The zero-order chi connectivity index (χ0) is 18.6. The van der Waals surface area contributed by atoms with Crippen molar-refractivity contribution in [2.24, 2.45) is 0 Å². The molecule has 0 aliphatic heterocycles. The molecule has 0 atom stereocenters. The van der Waals surface area contributed by atoms with E-state index >= 15 is 0 Å². The van der Waals surface area contributed by atoms with Crippen LogP contribution in [0, 0.1) is 6.92 Å². The second-order valence-corrected chi connectivity index (χ2v) is 6.58. The highest BCUT2D eigenvalue weighted by Crippen LogP contribution is 2.29. The average molecular weight is 346 g/mol. The number of benzene rings is 2. The normalized spacial score (nSPS) is 11.2. The van der Waals surface area contributed by atoms with E-state index in [4.69, 9.17) is 0 Å². The van der Waals surface area contributed by atoms with Gasteiger partial charge in [0, 0.05) is 12.3 Å². The first-order valence-corrected chi connectivity index (χ1v) is 8.58. The highest BCUT2D eigenvalue weighted by atomic mass is 16.2. The third-order valence-corrected chi connectivity index (χ3v) is 4.56. The number of amides is 1. The fraction of sp³-hybridized carbons (Fsp3) is 0.182. The molecule has 1 N–H and O–H groups in total. The maximum absolute atomic E-state index is 12.7. The van der Waals surface area contributed by atoms with Crippen molar-refractivity contribution in [3.8, 4) is 0 Å². The molecular formula is C22H22N2O2. The predicted octanol–water partition coefficient (Wildman–Crippen LogP) is 3.24. The van der Waals surface area contributed by atoms with Crippen molar-refractivity contribution in [3.63, 3.8) is 0 Å². The summed E-state index contributed by atoms with van der Waals surface area (Å²) in [7, 11) is 0. The first-order chi connectivity index (χ1) is 12.5. The first kappa shape index (κ1) is 17.7. The van der Waals surface area contributed by atoms with Crippen molar-refractivity contribution in [2.45, 2.75) is 25.9 Å². The number of nitrogens with zero attached hydrogens (tertiary/aromatic N) is 1. The zero-order valence-electron chi connectivity index (χ0n) is 15.0. The molecule has 0 aliphatic carbocycles. The molecule has 0 saturated heterocycles. The third-order valence-electron chi connectivity index (χ3n) is 4.56. The summed E-state index contributed by atoms with van der Waals surface area (Å²) in [6.45, 7) is 3.82. The topological polar surface area (TPSA) is 51.1 Å². The van der Waals surface area contributed by atoms with Crippen molar-refractivity contribution < 1.29 is 4.79 Å². The first-order valence-electron chi connectivity index (χ1n) is 8.58. The summed E-state index contributed by atoms with van der Waals surface area (Å²) in [6, 6.07) is 23.0. The summed E-state index contributed by atoms with van der Waals surface area (Å²) in [5.74, 6) is -0.217. The summed E-state index contributed by atoms with van der Waals surface area (Å²) < 4.78 is 1.42. The molecule has 3 aromatic rings. The molecule has 0 unspecified atom stereocenters. The second kappa shape index (κ2) is 7.40. The number of rotatable bonds is 5. The van der Waals surface area contributed by atoms with Gasteiger partial charge in [-0.05, 0) is 36.6 Å². The SMILES string of the molecule is Cc1ccn(CC(=O)NC(C)(c2ccccc2)c2ccccc2)c(=O)c1. The van der Waals surface area contributed by atoms with Crippen LogP contribution in [-0.4, -0.2) is 10.5 Å². The number of aryl methyl sites for hydroxylation is 1. The Morgan fingerprint density at radius 2 is 1.50 bits per heavy atom. The number of carbonyl (C=O) groups is 1. The molecule has 0 bridgehead atoms. The number of pyridine rings is 1. The summed E-state index contributed by atoms with van der Waals surface area (Å²) >= 11 is 0. The minimum absolute atomic E-state index is 0.0195. The number of hydrogen-bond acceptors (Lipinski definition) is 2. The Bertz CT molecular complexity index is 907. The van der Waals surface area contributed by atoms with Crippen molar-refractivity contribution >= 4 is 5.91 Å². The van der Waals surface area contributed by atoms with Crippen molar-refractivity contribution in [2.75, 3.05) is 0 Å². The molecule has 1 heterocycles. The lowest BCUT2D eigenvalue weighted by atomic mass is 9.84. The van der Waals surface area contributed by atoms with Gasteiger partial charge in [0.25, 0.3) is 5.56 Å². The number of aromatic nitrogens is 1. The molecule has 26 heavy (non-hydrogen) atoms. The van der Waals surface area contributed by atoms with Gasteiger partial charge in [-0.2, -0.15) is 0 Å². The minimum atomic E-state index is -0.687. The van der Waals surface area contributed by atoms with Gasteiger partial charge in [0.05, 0.1) is 5.54 Å². The fourth-order valence-electron chi connectivity index (χ4n) is 3.06. The second-order valence-electron chi connectivity index (χ2n) is 6.58. The smallest absolute Gasteiger partial charge is 0.251 e. The van der Waals surface area contributed by atoms with E-state index in [1.54, 1.807) is 6.20 Å². The molecule has 132 valence electrons. The van der Waals surface area contributed by atoms with Crippen LogP contribution < -0.4 is 10.9 Å². The zero-order valence-corrected chi connectivity index (χ0v) is 15.0. The summed E-state index contributed by atoms with van der Waals surface area (Å²) in [5.41, 5.74) is 1.98. The van der Waals surface area contributed by atoms with Crippen molar-refractivity contribution in [3.05, 3.63) is 106 Å². The van der Waals surface area contributed by atoms with Crippen LogP contribution in [0.5, 0.6) is 0 Å². The maximum Gasteiger partial charge on any atom is 0.251 e. The van der Waals surface area contributed by atoms with Crippen molar-refractivity contribution in [1.29, 1.82) is 0 Å². The van der Waals surface area contributed by atoms with Crippen LogP contribution in [0.4, 0.5) is 0 Å². The van der Waals surface area contributed by atoms with Gasteiger partial charge in [-0.15, -0.1) is 0 Å². The molecule has 0 saturated carbocycles. The highest BCUT2D eigenvalue weighted by Gasteiger charge is 2.30. The van der Waals surface area contributed by atoms with E-state index < -0.39 is 5.54 Å². The Hall–Kier alpha value is -3.14. The van der Waals surface area contributed by atoms with Gasteiger partial charge >= 0.3 is 0 Å². The van der Waals surface area contributed by atoms with Gasteiger partial charge < -0.3 is 9.88 Å². The Morgan fingerprint density at radius 1 is 0.962 bits per heavy atom. The lowest BCUT2D eigenvalue weighted by molar-refractivity contribution is -0.123. The lowest BCUT2D eigenvalue weighted by Gasteiger charge is -2.32. The Labute approximate surface area is 153 Å². The van der Waals surface area contributed by atoms with Crippen LogP contribution in [0.3, 0.4) is 0 Å². The van der Waals surface area contributed by atoms with E-state index in [1.165, 1.54) is 10.6 Å². The van der Waals surface area contributed by atoms with E-state index in [0.29, 0.717) is 0 Å². The van der Waals surface area contributed by atoms with Gasteiger partial charge in [0.15, 0.2) is 0 Å². The molecule has 1 amide bonds. The monoisotopic (exact) mass is 346 g/mol. The van der Waals surface area contributed by atoms with Crippen LogP contribution in [0.25, 0.3) is 0 Å². The van der Waals surface area contributed by atoms with E-state index in [0.717, 1.165) is 16.7 Å². The Balaban J connectivity index is 1.91. The molecule has 0 fully saturated rings. The largest absolute Gasteiger partial charge is 0.341 e. The molecule has 0 radical (unpaired) electrons. The van der Waals surface area contributed by atoms with Gasteiger partial charge in [-0.1, -0.05) is 60.7 Å². The molecular weight excluding hydrogens is 324 g/mol. The number of carbonyl (C=O) groups excluding carboxylic acids is 1. The Morgan fingerprint density at radius 3 is 2.00 bits per heavy atom. The minimum Gasteiger partial charge on any atom is -0.341 e. The summed E-state index contributed by atoms with van der Waals surface area (Å²) in [4.78, 5) is 24.8. The molecule has 4 nitrogen and oxygen atoms in total. The van der Waals surface area contributed by atoms with E-state index in [-0.39, 0.29) is 18.0 Å². The highest BCUT2D eigenvalue weighted by molar-refractivity contribution is 5.77. The number of hydrogen-bond donors (Lipinski definition) is 1. The lowest BCUT2D eigenvalue weighted by Crippen LogP contribution is -2.46. The summed E-state index contributed by atoms with van der Waals surface area (Å²) in [5, 5.41) is 3.12. The molecule has 2 aromatic carbocycles. The standard InChI is InChI=1S/C22H22N2O2/c1-17-13-14-24(21(26)15-17)16-20(25)23-22(2,18-9-5-3-6-10-18)19-11-7-4-8-12-19/h3-15H,16H2,1-2H3,(H,23,25). The van der Waals surface area contributed by atoms with E-state index in [1.807, 2.05) is 80.6 Å². The quantitative estimate of drug-likeness (QED) is 0.771. The Kier molecular flexibility index (Phi) is 5.03. The van der Waals surface area contributed by atoms with Crippen LogP contribution in [0.1, 0.15) is 23.6 Å². The van der Waals surface area contributed by atoms with Gasteiger partial charge in [0.1, 0.15) is 6.54 Å². The van der Waals surface area contributed by atoms with Crippen LogP contribution in [0.15, 0.2) is 83.8 Å².